The van der Waals surface area contributed by atoms with Crippen LogP contribution in [0.1, 0.15) is 58.4 Å². The van der Waals surface area contributed by atoms with Crippen LogP contribution in [-0.2, 0) is 26.2 Å². The number of pyridine rings is 1. The molecule has 40 heavy (non-hydrogen) atoms. The molecule has 0 radical (unpaired) electrons. The quantitative estimate of drug-likeness (QED) is 0.581. The summed E-state index contributed by atoms with van der Waals surface area (Å²) in [5, 5.41) is 3.40. The van der Waals surface area contributed by atoms with Crippen molar-refractivity contribution < 1.29 is 18.7 Å². The van der Waals surface area contributed by atoms with Gasteiger partial charge in [-0.2, -0.15) is 0 Å². The van der Waals surface area contributed by atoms with E-state index in [1.807, 2.05) is 26.1 Å². The Kier molecular flexibility index (Phi) is 10.8. The smallest absolute Gasteiger partial charge is 0.248 e. The molecule has 4 heterocycles. The van der Waals surface area contributed by atoms with E-state index in [2.05, 4.69) is 42.9 Å². The van der Waals surface area contributed by atoms with Crippen molar-refractivity contribution in [1.82, 2.24) is 20.1 Å². The van der Waals surface area contributed by atoms with Crippen LogP contribution >= 0.6 is 0 Å². The van der Waals surface area contributed by atoms with Gasteiger partial charge < -0.3 is 24.8 Å². The number of nitrogens with zero attached hydrogens (tertiary/aromatic N) is 4. The summed E-state index contributed by atoms with van der Waals surface area (Å²) in [6, 6.07) is 9.15. The third-order valence-electron chi connectivity index (χ3n) is 7.42. The number of aromatic nitrogens is 1. The summed E-state index contributed by atoms with van der Waals surface area (Å²) in [5.41, 5.74) is 3.60. The summed E-state index contributed by atoms with van der Waals surface area (Å²) >= 11 is 0. The van der Waals surface area contributed by atoms with Crippen molar-refractivity contribution in [1.29, 1.82) is 0 Å². The number of fused-ring (bicyclic) bond motifs is 1. The molecule has 220 valence electrons. The van der Waals surface area contributed by atoms with Crippen molar-refractivity contribution in [3.05, 3.63) is 59.2 Å². The van der Waals surface area contributed by atoms with Crippen molar-refractivity contribution >= 4 is 18.0 Å². The maximum atomic E-state index is 12.9. The lowest BCUT2D eigenvalue weighted by atomic mass is 9.91. The normalized spacial score (nSPS) is 21.5. The number of halogens is 1. The molecular formula is C31H46FN5O3. The first-order valence-electron chi connectivity index (χ1n) is 14.1. The summed E-state index contributed by atoms with van der Waals surface area (Å²) in [6.45, 7) is 19.0. The van der Waals surface area contributed by atoms with Gasteiger partial charge in [-0.1, -0.05) is 32.9 Å². The lowest BCUT2D eigenvalue weighted by Gasteiger charge is -2.35. The highest BCUT2D eigenvalue weighted by Gasteiger charge is 2.36. The zero-order valence-electron chi connectivity index (χ0n) is 25.2. The molecule has 3 aliphatic rings. The lowest BCUT2D eigenvalue weighted by molar-refractivity contribution is -0.156. The maximum absolute atomic E-state index is 12.9. The highest BCUT2D eigenvalue weighted by Crippen LogP contribution is 2.38. The molecule has 8 nitrogen and oxygen atoms in total. The fraction of sp³-hybridized carbons (Fsp3) is 0.581. The van der Waals surface area contributed by atoms with Gasteiger partial charge in [-0.15, -0.1) is 0 Å². The van der Waals surface area contributed by atoms with E-state index in [1.54, 1.807) is 29.0 Å². The van der Waals surface area contributed by atoms with Crippen LogP contribution in [-0.4, -0.2) is 91.7 Å². The summed E-state index contributed by atoms with van der Waals surface area (Å²) in [4.78, 5) is 32.5. The van der Waals surface area contributed by atoms with E-state index in [-0.39, 0.29) is 29.3 Å². The van der Waals surface area contributed by atoms with Crippen LogP contribution in [0.5, 0.6) is 0 Å². The van der Waals surface area contributed by atoms with Gasteiger partial charge in [-0.3, -0.25) is 14.6 Å². The largest absolute Gasteiger partial charge is 0.364 e. The number of morpholine rings is 1. The van der Waals surface area contributed by atoms with Crippen LogP contribution in [0.15, 0.2) is 36.5 Å². The van der Waals surface area contributed by atoms with E-state index < -0.39 is 0 Å². The minimum absolute atomic E-state index is 0.0688. The first kappa shape index (κ1) is 31.6. The standard InChI is InChI=1S/C17H17FN2O.C7H16N2.C7H13NO2/c1-17(2)10-20(11-21)15-8-13(9-19-16(15)17)7-12-3-5-14(18)6-4-12;1-3-9-5-4-8-7(2)6-9;1-7(2)5-8(3)6(9)4-10-7/h3-6,8-9,11H,7,10H2,1-2H3;7-8H,3-6H2,1-2H3;4-5H2,1-3H3. The molecule has 0 saturated carbocycles. The maximum Gasteiger partial charge on any atom is 0.248 e. The number of ether oxygens (including phenoxy) is 1. The summed E-state index contributed by atoms with van der Waals surface area (Å²) in [5.74, 6) is -0.168. The summed E-state index contributed by atoms with van der Waals surface area (Å²) in [6.07, 6.45) is 3.38. The average molecular weight is 556 g/mol. The highest BCUT2D eigenvalue weighted by atomic mass is 19.1. The van der Waals surface area contributed by atoms with E-state index in [9.17, 15) is 14.0 Å². The molecule has 2 saturated heterocycles. The van der Waals surface area contributed by atoms with Gasteiger partial charge in [0.25, 0.3) is 0 Å². The molecule has 0 spiro atoms. The third kappa shape index (κ3) is 8.81. The minimum atomic E-state index is -0.236. The number of benzene rings is 1. The number of nitrogens with one attached hydrogen (secondary N) is 1. The Labute approximate surface area is 238 Å². The van der Waals surface area contributed by atoms with Crippen molar-refractivity contribution in [2.45, 2.75) is 65.0 Å². The number of hydrogen-bond donors (Lipinski definition) is 1. The van der Waals surface area contributed by atoms with Gasteiger partial charge in [0, 0.05) is 57.4 Å². The van der Waals surface area contributed by atoms with Crippen LogP contribution in [0.4, 0.5) is 10.1 Å². The topological polar surface area (TPSA) is 78.0 Å². The van der Waals surface area contributed by atoms with Gasteiger partial charge in [0.15, 0.2) is 0 Å². The summed E-state index contributed by atoms with van der Waals surface area (Å²) < 4.78 is 18.2. The molecule has 1 unspecified atom stereocenters. The van der Waals surface area contributed by atoms with Gasteiger partial charge >= 0.3 is 0 Å². The Bertz CT molecular complexity index is 1140. The molecule has 3 aliphatic heterocycles. The van der Waals surface area contributed by atoms with Gasteiger partial charge in [0.05, 0.1) is 17.0 Å². The predicted molar refractivity (Wildman–Crippen MR) is 157 cm³/mol. The molecule has 1 atom stereocenters. The van der Waals surface area contributed by atoms with Crippen LogP contribution in [0.2, 0.25) is 0 Å². The zero-order valence-corrected chi connectivity index (χ0v) is 25.2. The fourth-order valence-corrected chi connectivity index (χ4v) is 5.22. The average Bonchev–Trinajstić information content (AvgIpc) is 3.17. The van der Waals surface area contributed by atoms with E-state index in [4.69, 9.17) is 4.74 Å². The Hall–Kier alpha value is -2.88. The molecular weight excluding hydrogens is 509 g/mol. The van der Waals surface area contributed by atoms with Crippen molar-refractivity contribution in [3.63, 3.8) is 0 Å². The monoisotopic (exact) mass is 555 g/mol. The first-order valence-corrected chi connectivity index (χ1v) is 14.1. The number of hydrogen-bond acceptors (Lipinski definition) is 6. The molecule has 1 aromatic carbocycles. The van der Waals surface area contributed by atoms with Crippen LogP contribution in [0.3, 0.4) is 0 Å². The number of amides is 2. The van der Waals surface area contributed by atoms with Gasteiger partial charge in [0.2, 0.25) is 12.3 Å². The number of carbonyl (C=O) groups excluding carboxylic acids is 2. The number of likely N-dealkylation sites (N-methyl/N-ethyl adjacent to an activating group) is 2. The first-order chi connectivity index (χ1) is 18.8. The van der Waals surface area contributed by atoms with E-state index in [1.165, 1.54) is 31.8 Å². The molecule has 0 aliphatic carbocycles. The minimum Gasteiger partial charge on any atom is -0.364 e. The van der Waals surface area contributed by atoms with Gasteiger partial charge in [-0.05, 0) is 63.1 Å². The Morgan fingerprint density at radius 1 is 1.15 bits per heavy atom. The number of carbonyl (C=O) groups is 2. The van der Waals surface area contributed by atoms with Crippen molar-refractivity contribution in [3.8, 4) is 0 Å². The van der Waals surface area contributed by atoms with Crippen molar-refractivity contribution in [2.24, 2.45) is 0 Å². The Morgan fingerprint density at radius 3 is 2.40 bits per heavy atom. The second kappa shape index (κ2) is 13.7. The molecule has 2 aromatic rings. The van der Waals surface area contributed by atoms with Crippen LogP contribution < -0.4 is 10.2 Å². The van der Waals surface area contributed by atoms with E-state index >= 15 is 0 Å². The predicted octanol–water partition coefficient (Wildman–Crippen LogP) is 3.62. The summed E-state index contributed by atoms with van der Waals surface area (Å²) in [7, 11) is 1.80. The molecule has 9 heteroatoms. The van der Waals surface area contributed by atoms with Crippen LogP contribution in [0.25, 0.3) is 0 Å². The SMILES string of the molecule is CC1(C)CN(C=O)c2cc(Cc3ccc(F)cc3)cnc21.CCN1CCNC(C)C1.CN1CC(C)(C)OCC1=O. The highest BCUT2D eigenvalue weighted by molar-refractivity contribution is 5.80. The third-order valence-corrected chi connectivity index (χ3v) is 7.42. The number of piperazine rings is 1. The second-order valence-corrected chi connectivity index (χ2v) is 12.2. The molecule has 2 fully saturated rings. The van der Waals surface area contributed by atoms with Crippen molar-refractivity contribution in [2.75, 3.05) is 57.8 Å². The van der Waals surface area contributed by atoms with Gasteiger partial charge in [-0.25, -0.2) is 4.39 Å². The molecule has 1 N–H and O–H groups in total. The Morgan fingerprint density at radius 2 is 1.85 bits per heavy atom. The second-order valence-electron chi connectivity index (χ2n) is 12.2. The zero-order chi connectivity index (χ0) is 29.5. The fourth-order valence-electron chi connectivity index (χ4n) is 5.22. The number of rotatable bonds is 4. The van der Waals surface area contributed by atoms with Gasteiger partial charge in [0.1, 0.15) is 12.4 Å². The van der Waals surface area contributed by atoms with E-state index in [0.717, 1.165) is 35.5 Å². The van der Waals surface area contributed by atoms with E-state index in [0.29, 0.717) is 25.6 Å². The number of anilines is 1. The molecule has 1 aromatic heterocycles. The Balaban J connectivity index is 0.000000193. The molecule has 0 bridgehead atoms. The van der Waals surface area contributed by atoms with Crippen LogP contribution in [0, 0.1) is 5.82 Å². The molecule has 5 rings (SSSR count). The lowest BCUT2D eigenvalue weighted by Crippen LogP contribution is -2.49. The molecule has 2 amide bonds.